The number of carbonyl (C=O) groups excluding carboxylic acids is 2. The number of benzene rings is 3. The molecular weight excluding hydrogens is 395 g/mol. The van der Waals surface area contributed by atoms with E-state index in [1.165, 1.54) is 23.8 Å². The third kappa shape index (κ3) is 3.36. The number of hydrogen-bond donors (Lipinski definition) is 1. The van der Waals surface area contributed by atoms with E-state index in [1.807, 2.05) is 24.3 Å². The summed E-state index contributed by atoms with van der Waals surface area (Å²) in [6.45, 7) is 2.37. The van der Waals surface area contributed by atoms with Gasteiger partial charge in [0.25, 0.3) is 11.8 Å². The summed E-state index contributed by atoms with van der Waals surface area (Å²) in [5.41, 5.74) is 4.23. The van der Waals surface area contributed by atoms with E-state index in [4.69, 9.17) is 4.42 Å². The van der Waals surface area contributed by atoms with E-state index in [-0.39, 0.29) is 17.5 Å². The van der Waals surface area contributed by atoms with Crippen LogP contribution in [0.25, 0.3) is 11.0 Å². The maximum absolute atomic E-state index is 13.5. The molecule has 1 aliphatic rings. The second-order valence-corrected chi connectivity index (χ2v) is 7.56. The molecule has 0 saturated carbocycles. The van der Waals surface area contributed by atoms with Gasteiger partial charge in [-0.05, 0) is 67.4 Å². The number of nitrogens with zero attached hydrogens (tertiary/aromatic N) is 1. The van der Waals surface area contributed by atoms with E-state index >= 15 is 0 Å². The fraction of sp³-hybridized carbons (Fsp3) is 0.120. The molecule has 4 aromatic rings. The molecule has 0 aliphatic carbocycles. The average Bonchev–Trinajstić information content (AvgIpc) is 3.35. The van der Waals surface area contributed by atoms with E-state index < -0.39 is 5.91 Å². The second-order valence-electron chi connectivity index (χ2n) is 7.56. The second kappa shape index (κ2) is 7.40. The first kappa shape index (κ1) is 19.1. The normalized spacial score (nSPS) is 12.8. The molecule has 6 heteroatoms. The van der Waals surface area contributed by atoms with Crippen LogP contribution in [0.2, 0.25) is 0 Å². The third-order valence-corrected chi connectivity index (χ3v) is 5.63. The minimum Gasteiger partial charge on any atom is -0.451 e. The van der Waals surface area contributed by atoms with Crippen LogP contribution in [0.15, 0.2) is 71.1 Å². The van der Waals surface area contributed by atoms with Gasteiger partial charge >= 0.3 is 0 Å². The minimum absolute atomic E-state index is 0.0713. The number of furan rings is 1. The molecule has 0 unspecified atom stereocenters. The van der Waals surface area contributed by atoms with E-state index in [2.05, 4.69) is 5.32 Å². The van der Waals surface area contributed by atoms with Crippen molar-refractivity contribution in [2.45, 2.75) is 13.3 Å². The van der Waals surface area contributed by atoms with Crippen LogP contribution in [-0.4, -0.2) is 18.4 Å². The largest absolute Gasteiger partial charge is 0.451 e. The zero-order valence-electron chi connectivity index (χ0n) is 16.8. The monoisotopic (exact) mass is 414 g/mol. The topological polar surface area (TPSA) is 62.6 Å². The molecule has 154 valence electrons. The lowest BCUT2D eigenvalue weighted by Crippen LogP contribution is -2.28. The smallest absolute Gasteiger partial charge is 0.291 e. The van der Waals surface area contributed by atoms with Gasteiger partial charge in [0.15, 0.2) is 5.76 Å². The van der Waals surface area contributed by atoms with Crippen molar-refractivity contribution in [1.29, 1.82) is 0 Å². The van der Waals surface area contributed by atoms with Crippen LogP contribution in [0.4, 0.5) is 15.8 Å². The highest BCUT2D eigenvalue weighted by molar-refractivity contribution is 6.08. The lowest BCUT2D eigenvalue weighted by Gasteiger charge is -2.17. The molecule has 3 aromatic carbocycles. The van der Waals surface area contributed by atoms with Crippen molar-refractivity contribution in [2.24, 2.45) is 0 Å². The number of hydrogen-bond acceptors (Lipinski definition) is 3. The van der Waals surface area contributed by atoms with E-state index in [1.54, 1.807) is 36.1 Å². The number of halogens is 1. The Labute approximate surface area is 178 Å². The highest BCUT2D eigenvalue weighted by Gasteiger charge is 2.25. The van der Waals surface area contributed by atoms with Gasteiger partial charge in [0, 0.05) is 34.4 Å². The number of para-hydroxylation sites is 1. The Morgan fingerprint density at radius 2 is 1.81 bits per heavy atom. The standard InChI is InChI=1S/C25H19FN2O3/c1-15-20-14-18(26)8-11-22(20)31-23(15)24(29)27-19-9-6-17(7-10-19)25(30)28-13-12-16-4-2-3-5-21(16)28/h2-11,14H,12-13H2,1H3,(H,27,29). The summed E-state index contributed by atoms with van der Waals surface area (Å²) in [4.78, 5) is 27.4. The molecule has 2 amide bonds. The summed E-state index contributed by atoms with van der Waals surface area (Å²) in [7, 11) is 0. The zero-order chi connectivity index (χ0) is 21.5. The van der Waals surface area contributed by atoms with Gasteiger partial charge in [0.2, 0.25) is 0 Å². The van der Waals surface area contributed by atoms with Gasteiger partial charge in [-0.15, -0.1) is 0 Å². The van der Waals surface area contributed by atoms with Gasteiger partial charge in [0.05, 0.1) is 0 Å². The van der Waals surface area contributed by atoms with Crippen LogP contribution < -0.4 is 10.2 Å². The first-order valence-electron chi connectivity index (χ1n) is 10.0. The average molecular weight is 414 g/mol. The number of rotatable bonds is 3. The number of amides is 2. The Kier molecular flexibility index (Phi) is 4.55. The molecule has 0 bridgehead atoms. The molecule has 5 nitrogen and oxygen atoms in total. The first-order valence-corrected chi connectivity index (χ1v) is 10.0. The molecule has 0 spiro atoms. The van der Waals surface area contributed by atoms with Gasteiger partial charge in [-0.1, -0.05) is 18.2 Å². The van der Waals surface area contributed by atoms with Crippen molar-refractivity contribution in [3.63, 3.8) is 0 Å². The predicted octanol–water partition coefficient (Wildman–Crippen LogP) is 5.34. The molecule has 0 radical (unpaired) electrons. The molecule has 0 saturated heterocycles. The number of fused-ring (bicyclic) bond motifs is 2. The summed E-state index contributed by atoms with van der Waals surface area (Å²) < 4.78 is 19.1. The molecule has 1 N–H and O–H groups in total. The molecule has 2 heterocycles. The summed E-state index contributed by atoms with van der Waals surface area (Å²) in [5.74, 6) is -0.752. The van der Waals surface area contributed by atoms with Gasteiger partial charge in [-0.25, -0.2) is 4.39 Å². The summed E-state index contributed by atoms with van der Waals surface area (Å²) in [6, 6.07) is 18.8. The first-order chi connectivity index (χ1) is 15.0. The van der Waals surface area contributed by atoms with Crippen molar-refractivity contribution in [1.82, 2.24) is 0 Å². The fourth-order valence-electron chi connectivity index (χ4n) is 4.00. The molecule has 0 fully saturated rings. The Hall–Kier alpha value is -3.93. The number of nitrogens with one attached hydrogen (secondary N) is 1. The van der Waals surface area contributed by atoms with Crippen molar-refractivity contribution in [3.8, 4) is 0 Å². The van der Waals surface area contributed by atoms with Gasteiger partial charge in [-0.2, -0.15) is 0 Å². The number of carbonyl (C=O) groups is 2. The summed E-state index contributed by atoms with van der Waals surface area (Å²) in [6.07, 6.45) is 0.844. The van der Waals surface area contributed by atoms with Crippen molar-refractivity contribution in [3.05, 3.63) is 95.0 Å². The molecule has 1 aliphatic heterocycles. The van der Waals surface area contributed by atoms with Crippen LogP contribution in [0.3, 0.4) is 0 Å². The fourth-order valence-corrected chi connectivity index (χ4v) is 4.00. The summed E-state index contributed by atoms with van der Waals surface area (Å²) >= 11 is 0. The van der Waals surface area contributed by atoms with Crippen LogP contribution in [-0.2, 0) is 6.42 Å². The quantitative estimate of drug-likeness (QED) is 0.493. The highest BCUT2D eigenvalue weighted by Crippen LogP contribution is 2.29. The lowest BCUT2D eigenvalue weighted by atomic mass is 10.1. The van der Waals surface area contributed by atoms with Crippen molar-refractivity contribution in [2.75, 3.05) is 16.8 Å². The maximum atomic E-state index is 13.5. The Bertz CT molecular complexity index is 1320. The lowest BCUT2D eigenvalue weighted by molar-refractivity contribution is 0.0986. The molecule has 1 aromatic heterocycles. The summed E-state index contributed by atoms with van der Waals surface area (Å²) in [5, 5.41) is 3.34. The highest BCUT2D eigenvalue weighted by atomic mass is 19.1. The van der Waals surface area contributed by atoms with Crippen molar-refractivity contribution >= 4 is 34.2 Å². The minimum atomic E-state index is -0.429. The molecule has 0 atom stereocenters. The Morgan fingerprint density at radius 3 is 2.61 bits per heavy atom. The van der Waals surface area contributed by atoms with Gasteiger partial charge < -0.3 is 14.6 Å². The maximum Gasteiger partial charge on any atom is 0.291 e. The number of anilines is 2. The molecule has 5 rings (SSSR count). The van der Waals surface area contributed by atoms with Crippen LogP contribution in [0.1, 0.15) is 32.0 Å². The van der Waals surface area contributed by atoms with E-state index in [0.29, 0.717) is 34.3 Å². The Morgan fingerprint density at radius 1 is 1.03 bits per heavy atom. The third-order valence-electron chi connectivity index (χ3n) is 5.63. The zero-order valence-corrected chi connectivity index (χ0v) is 16.8. The molecular formula is C25H19FN2O3. The van der Waals surface area contributed by atoms with Crippen LogP contribution in [0, 0.1) is 12.7 Å². The van der Waals surface area contributed by atoms with Gasteiger partial charge in [0.1, 0.15) is 11.4 Å². The van der Waals surface area contributed by atoms with E-state index in [0.717, 1.165) is 12.1 Å². The van der Waals surface area contributed by atoms with E-state index in [9.17, 15) is 14.0 Å². The van der Waals surface area contributed by atoms with Crippen molar-refractivity contribution < 1.29 is 18.4 Å². The van der Waals surface area contributed by atoms with Gasteiger partial charge in [-0.3, -0.25) is 9.59 Å². The molecule has 31 heavy (non-hydrogen) atoms. The Balaban J connectivity index is 1.33. The predicted molar refractivity (Wildman–Crippen MR) is 117 cm³/mol. The SMILES string of the molecule is Cc1c(C(=O)Nc2ccc(C(=O)N3CCc4ccccc43)cc2)oc2ccc(F)cc12. The van der Waals surface area contributed by atoms with Crippen LogP contribution >= 0.6 is 0 Å². The number of aryl methyl sites for hydroxylation is 1. The van der Waals surface area contributed by atoms with Crippen LogP contribution in [0.5, 0.6) is 0 Å².